The largest absolute Gasteiger partial charge is 0.324 e. The van der Waals surface area contributed by atoms with Crippen LogP contribution in [0.2, 0.25) is 5.02 Å². The van der Waals surface area contributed by atoms with E-state index in [-0.39, 0.29) is 10.1 Å². The van der Waals surface area contributed by atoms with Crippen molar-refractivity contribution in [1.82, 2.24) is 4.72 Å². The van der Waals surface area contributed by atoms with Crippen molar-refractivity contribution in [1.29, 1.82) is 0 Å². The van der Waals surface area contributed by atoms with Crippen LogP contribution in [0, 0.1) is 12.8 Å². The van der Waals surface area contributed by atoms with Gasteiger partial charge in [0, 0.05) is 10.7 Å². The summed E-state index contributed by atoms with van der Waals surface area (Å²) in [6, 6.07) is 7.44. The molecule has 24 heavy (non-hydrogen) atoms. The van der Waals surface area contributed by atoms with Crippen LogP contribution in [0.25, 0.3) is 0 Å². The van der Waals surface area contributed by atoms with Gasteiger partial charge in [-0.1, -0.05) is 37.6 Å². The van der Waals surface area contributed by atoms with Crippen LogP contribution in [-0.4, -0.2) is 20.4 Å². The number of carbonyl (C=O) groups is 1. The van der Waals surface area contributed by atoms with Gasteiger partial charge in [0.15, 0.2) is 0 Å². The summed E-state index contributed by atoms with van der Waals surface area (Å²) in [6.45, 7) is 5.36. The second-order valence-corrected chi connectivity index (χ2v) is 8.97. The summed E-state index contributed by atoms with van der Waals surface area (Å²) in [7, 11) is -3.74. The Labute approximate surface area is 151 Å². The SMILES string of the molecule is Cc1c(Cl)cccc1NC(=O)C(NS(=O)(=O)c1cccs1)C(C)C. The van der Waals surface area contributed by atoms with E-state index in [0.29, 0.717) is 10.7 Å². The minimum atomic E-state index is -3.74. The zero-order chi connectivity index (χ0) is 17.9. The minimum Gasteiger partial charge on any atom is -0.324 e. The molecule has 1 aromatic carbocycles. The normalized spacial score (nSPS) is 13.0. The van der Waals surface area contributed by atoms with Crippen molar-refractivity contribution in [2.45, 2.75) is 31.0 Å². The summed E-state index contributed by atoms with van der Waals surface area (Å²) in [4.78, 5) is 12.6. The molecular formula is C16H19ClN2O3S2. The summed E-state index contributed by atoms with van der Waals surface area (Å²) < 4.78 is 27.4. The molecule has 0 aliphatic rings. The van der Waals surface area contributed by atoms with E-state index in [9.17, 15) is 13.2 Å². The van der Waals surface area contributed by atoms with E-state index >= 15 is 0 Å². The van der Waals surface area contributed by atoms with Crippen LogP contribution in [0.4, 0.5) is 5.69 Å². The number of thiophene rings is 1. The Hall–Kier alpha value is -1.41. The van der Waals surface area contributed by atoms with Crippen LogP contribution in [0.5, 0.6) is 0 Å². The number of amides is 1. The first kappa shape index (κ1) is 18.9. The van der Waals surface area contributed by atoms with Gasteiger partial charge in [0.1, 0.15) is 10.3 Å². The number of nitrogens with one attached hydrogen (secondary N) is 2. The molecule has 0 bridgehead atoms. The molecule has 2 aromatic rings. The highest BCUT2D eigenvalue weighted by atomic mass is 35.5. The fraction of sp³-hybridized carbons (Fsp3) is 0.312. The van der Waals surface area contributed by atoms with E-state index in [1.54, 1.807) is 50.4 Å². The number of anilines is 1. The van der Waals surface area contributed by atoms with Crippen LogP contribution in [0.15, 0.2) is 39.9 Å². The molecule has 2 rings (SSSR count). The fourth-order valence-corrected chi connectivity index (χ4v) is 4.62. The lowest BCUT2D eigenvalue weighted by atomic mass is 10.0. The molecule has 0 spiro atoms. The van der Waals surface area contributed by atoms with Crippen molar-refractivity contribution in [2.24, 2.45) is 5.92 Å². The van der Waals surface area contributed by atoms with E-state index in [1.807, 2.05) is 0 Å². The highest BCUT2D eigenvalue weighted by Gasteiger charge is 2.29. The van der Waals surface area contributed by atoms with Crippen molar-refractivity contribution in [3.8, 4) is 0 Å². The Morgan fingerprint density at radius 1 is 1.21 bits per heavy atom. The molecular weight excluding hydrogens is 368 g/mol. The van der Waals surface area contributed by atoms with Gasteiger partial charge in [-0.05, 0) is 42.0 Å². The number of halogens is 1. The third kappa shape index (κ3) is 4.36. The predicted octanol–water partition coefficient (Wildman–Crippen LogP) is 3.65. The van der Waals surface area contributed by atoms with E-state index in [0.717, 1.165) is 16.9 Å². The Morgan fingerprint density at radius 2 is 1.92 bits per heavy atom. The molecule has 2 N–H and O–H groups in total. The molecule has 1 aromatic heterocycles. The predicted molar refractivity (Wildman–Crippen MR) is 98.1 cm³/mol. The van der Waals surface area contributed by atoms with Crippen molar-refractivity contribution in [3.05, 3.63) is 46.3 Å². The molecule has 0 radical (unpaired) electrons. The molecule has 0 aliphatic carbocycles. The second-order valence-electron chi connectivity index (χ2n) is 5.68. The monoisotopic (exact) mass is 386 g/mol. The highest BCUT2D eigenvalue weighted by molar-refractivity contribution is 7.91. The van der Waals surface area contributed by atoms with Gasteiger partial charge in [-0.3, -0.25) is 4.79 Å². The van der Waals surface area contributed by atoms with E-state index in [2.05, 4.69) is 10.0 Å². The summed E-state index contributed by atoms with van der Waals surface area (Å²) in [5.74, 6) is -0.644. The van der Waals surface area contributed by atoms with E-state index in [4.69, 9.17) is 11.6 Å². The molecule has 1 unspecified atom stereocenters. The number of sulfonamides is 1. The first-order chi connectivity index (χ1) is 11.2. The molecule has 1 heterocycles. The molecule has 8 heteroatoms. The van der Waals surface area contributed by atoms with Gasteiger partial charge in [-0.15, -0.1) is 11.3 Å². The fourth-order valence-electron chi connectivity index (χ4n) is 2.09. The van der Waals surface area contributed by atoms with E-state index in [1.165, 1.54) is 6.07 Å². The Balaban J connectivity index is 2.21. The van der Waals surface area contributed by atoms with Crippen molar-refractivity contribution in [2.75, 3.05) is 5.32 Å². The van der Waals surface area contributed by atoms with Gasteiger partial charge < -0.3 is 5.32 Å². The maximum Gasteiger partial charge on any atom is 0.250 e. The minimum absolute atomic E-state index is 0.180. The lowest BCUT2D eigenvalue weighted by Crippen LogP contribution is -2.46. The summed E-state index contributed by atoms with van der Waals surface area (Å²) in [5.41, 5.74) is 1.30. The van der Waals surface area contributed by atoms with Gasteiger partial charge >= 0.3 is 0 Å². The van der Waals surface area contributed by atoms with Gasteiger partial charge in [0.2, 0.25) is 5.91 Å². The van der Waals surface area contributed by atoms with Crippen LogP contribution < -0.4 is 10.0 Å². The van der Waals surface area contributed by atoms with Crippen LogP contribution in [0.3, 0.4) is 0 Å². The standard InChI is InChI=1S/C16H19ClN2O3S2/c1-10(2)15(19-24(21,22)14-8-5-9-23-14)16(20)18-13-7-4-6-12(17)11(13)3/h4-10,15,19H,1-3H3,(H,18,20). The quantitative estimate of drug-likeness (QED) is 0.795. The lowest BCUT2D eigenvalue weighted by molar-refractivity contribution is -0.118. The Bertz CT molecular complexity index is 818. The summed E-state index contributed by atoms with van der Waals surface area (Å²) in [6.07, 6.45) is 0. The Kier molecular flexibility index (Phi) is 6.03. The maximum atomic E-state index is 12.6. The van der Waals surface area contributed by atoms with E-state index < -0.39 is 22.0 Å². The van der Waals surface area contributed by atoms with Crippen molar-refractivity contribution >= 4 is 44.6 Å². The smallest absolute Gasteiger partial charge is 0.250 e. The topological polar surface area (TPSA) is 75.3 Å². The van der Waals surface area contributed by atoms with Gasteiger partial charge in [-0.25, -0.2) is 8.42 Å². The summed E-state index contributed by atoms with van der Waals surface area (Å²) in [5, 5.41) is 4.96. The zero-order valence-electron chi connectivity index (χ0n) is 13.5. The first-order valence-corrected chi connectivity index (χ1v) is 10.1. The maximum absolute atomic E-state index is 12.6. The number of rotatable bonds is 6. The average Bonchev–Trinajstić information content (AvgIpc) is 3.04. The van der Waals surface area contributed by atoms with Gasteiger partial charge in [0.05, 0.1) is 0 Å². The molecule has 130 valence electrons. The molecule has 0 saturated carbocycles. The number of benzene rings is 1. The number of hydrogen-bond donors (Lipinski definition) is 2. The van der Waals surface area contributed by atoms with Gasteiger partial charge in [0.25, 0.3) is 10.0 Å². The van der Waals surface area contributed by atoms with Crippen LogP contribution in [0.1, 0.15) is 19.4 Å². The second kappa shape index (κ2) is 7.65. The van der Waals surface area contributed by atoms with Crippen LogP contribution in [-0.2, 0) is 14.8 Å². The lowest BCUT2D eigenvalue weighted by Gasteiger charge is -2.22. The van der Waals surface area contributed by atoms with Crippen molar-refractivity contribution < 1.29 is 13.2 Å². The number of carbonyl (C=O) groups excluding carboxylic acids is 1. The van der Waals surface area contributed by atoms with Crippen molar-refractivity contribution in [3.63, 3.8) is 0 Å². The highest BCUT2D eigenvalue weighted by Crippen LogP contribution is 2.24. The molecule has 5 nitrogen and oxygen atoms in total. The zero-order valence-corrected chi connectivity index (χ0v) is 15.9. The Morgan fingerprint density at radius 3 is 2.50 bits per heavy atom. The average molecular weight is 387 g/mol. The molecule has 0 saturated heterocycles. The number of hydrogen-bond acceptors (Lipinski definition) is 4. The molecule has 1 atom stereocenters. The van der Waals surface area contributed by atoms with Gasteiger partial charge in [-0.2, -0.15) is 4.72 Å². The first-order valence-electron chi connectivity index (χ1n) is 7.34. The third-order valence-electron chi connectivity index (χ3n) is 3.52. The van der Waals surface area contributed by atoms with Crippen LogP contribution >= 0.6 is 22.9 Å². The molecule has 0 aliphatic heterocycles. The summed E-state index contributed by atoms with van der Waals surface area (Å²) >= 11 is 7.16. The third-order valence-corrected chi connectivity index (χ3v) is 6.76. The molecule has 1 amide bonds. The molecule has 0 fully saturated rings.